The molecule has 17 heavy (non-hydrogen) atoms. The van der Waals surface area contributed by atoms with E-state index in [0.717, 1.165) is 29.5 Å². The van der Waals surface area contributed by atoms with Crippen LogP contribution in [0.5, 0.6) is 0 Å². The predicted molar refractivity (Wildman–Crippen MR) is 72.6 cm³/mol. The van der Waals surface area contributed by atoms with Crippen molar-refractivity contribution in [2.75, 3.05) is 0 Å². The molecule has 0 saturated heterocycles. The number of aromatic nitrogens is 2. The summed E-state index contributed by atoms with van der Waals surface area (Å²) >= 11 is 7.95. The summed E-state index contributed by atoms with van der Waals surface area (Å²) in [4.78, 5) is 1.38. The SMILES string of the molecule is Cc1ccsc1CNCc1c(C)nn(C)c1Cl. The number of hydrogen-bond acceptors (Lipinski definition) is 3. The normalized spacial score (nSPS) is 11.1. The second-order valence-corrected chi connectivity index (χ2v) is 5.47. The topological polar surface area (TPSA) is 29.9 Å². The van der Waals surface area contributed by atoms with E-state index >= 15 is 0 Å². The van der Waals surface area contributed by atoms with Crippen molar-refractivity contribution in [3.8, 4) is 0 Å². The minimum Gasteiger partial charge on any atom is -0.308 e. The van der Waals surface area contributed by atoms with E-state index in [9.17, 15) is 0 Å². The highest BCUT2D eigenvalue weighted by atomic mass is 35.5. The fourth-order valence-electron chi connectivity index (χ4n) is 1.76. The Kier molecular flexibility index (Phi) is 3.86. The van der Waals surface area contributed by atoms with Crippen molar-refractivity contribution >= 4 is 22.9 Å². The summed E-state index contributed by atoms with van der Waals surface area (Å²) in [5, 5.41) is 10.5. The van der Waals surface area contributed by atoms with Gasteiger partial charge in [-0.25, -0.2) is 0 Å². The molecule has 2 rings (SSSR count). The molecule has 2 aromatic heterocycles. The highest BCUT2D eigenvalue weighted by molar-refractivity contribution is 7.10. The van der Waals surface area contributed by atoms with Gasteiger partial charge in [-0.1, -0.05) is 11.6 Å². The third kappa shape index (κ3) is 2.70. The summed E-state index contributed by atoms with van der Waals surface area (Å²) in [6.07, 6.45) is 0. The van der Waals surface area contributed by atoms with Crippen molar-refractivity contribution in [1.29, 1.82) is 0 Å². The van der Waals surface area contributed by atoms with Gasteiger partial charge in [-0.3, -0.25) is 4.68 Å². The smallest absolute Gasteiger partial charge is 0.131 e. The molecule has 0 atom stereocenters. The molecule has 0 aliphatic carbocycles. The summed E-state index contributed by atoms with van der Waals surface area (Å²) in [6, 6.07) is 2.14. The van der Waals surface area contributed by atoms with Crippen molar-refractivity contribution in [3.63, 3.8) is 0 Å². The lowest BCUT2D eigenvalue weighted by Gasteiger charge is -2.04. The third-order valence-electron chi connectivity index (χ3n) is 2.83. The molecule has 0 bridgehead atoms. The summed E-state index contributed by atoms with van der Waals surface area (Å²) in [5.74, 6) is 0. The molecule has 2 aromatic rings. The van der Waals surface area contributed by atoms with Crippen LogP contribution >= 0.6 is 22.9 Å². The zero-order chi connectivity index (χ0) is 12.4. The van der Waals surface area contributed by atoms with Crippen LogP contribution in [0.25, 0.3) is 0 Å². The van der Waals surface area contributed by atoms with Crippen LogP contribution in [0.4, 0.5) is 0 Å². The van der Waals surface area contributed by atoms with Crippen molar-refractivity contribution in [1.82, 2.24) is 15.1 Å². The van der Waals surface area contributed by atoms with Gasteiger partial charge in [0.1, 0.15) is 5.15 Å². The maximum atomic E-state index is 6.17. The zero-order valence-electron chi connectivity index (χ0n) is 10.2. The predicted octanol–water partition coefficient (Wildman–Crippen LogP) is 3.04. The highest BCUT2D eigenvalue weighted by Gasteiger charge is 2.10. The zero-order valence-corrected chi connectivity index (χ0v) is 11.8. The summed E-state index contributed by atoms with van der Waals surface area (Å²) in [5.41, 5.74) is 3.42. The van der Waals surface area contributed by atoms with Gasteiger partial charge in [0.15, 0.2) is 0 Å². The van der Waals surface area contributed by atoms with Gasteiger partial charge in [-0.2, -0.15) is 5.10 Å². The highest BCUT2D eigenvalue weighted by Crippen LogP contribution is 2.19. The van der Waals surface area contributed by atoms with Crippen LogP contribution < -0.4 is 5.32 Å². The molecule has 0 amide bonds. The number of nitrogens with one attached hydrogen (secondary N) is 1. The van der Waals surface area contributed by atoms with Crippen LogP contribution in [-0.2, 0) is 20.1 Å². The average molecular weight is 270 g/mol. The van der Waals surface area contributed by atoms with Gasteiger partial charge < -0.3 is 5.32 Å². The molecule has 0 saturated carbocycles. The molecule has 0 fully saturated rings. The summed E-state index contributed by atoms with van der Waals surface area (Å²) in [7, 11) is 1.86. The Morgan fingerprint density at radius 3 is 2.71 bits per heavy atom. The van der Waals surface area contributed by atoms with Crippen molar-refractivity contribution in [2.45, 2.75) is 26.9 Å². The lowest BCUT2D eigenvalue weighted by Crippen LogP contribution is -2.13. The maximum absolute atomic E-state index is 6.17. The van der Waals surface area contributed by atoms with Gasteiger partial charge in [-0.15, -0.1) is 11.3 Å². The van der Waals surface area contributed by atoms with Crippen LogP contribution in [0, 0.1) is 13.8 Å². The molecule has 3 nitrogen and oxygen atoms in total. The number of nitrogens with zero attached hydrogens (tertiary/aromatic N) is 2. The Morgan fingerprint density at radius 1 is 1.41 bits per heavy atom. The van der Waals surface area contributed by atoms with E-state index in [-0.39, 0.29) is 0 Å². The van der Waals surface area contributed by atoms with Crippen LogP contribution in [0.3, 0.4) is 0 Å². The number of aryl methyl sites for hydroxylation is 3. The van der Waals surface area contributed by atoms with E-state index in [1.807, 2.05) is 14.0 Å². The van der Waals surface area contributed by atoms with Crippen molar-refractivity contribution < 1.29 is 0 Å². The van der Waals surface area contributed by atoms with E-state index in [2.05, 4.69) is 28.8 Å². The fraction of sp³-hybridized carbons (Fsp3) is 0.417. The molecule has 0 spiro atoms. The quantitative estimate of drug-likeness (QED) is 0.925. The number of hydrogen-bond donors (Lipinski definition) is 1. The standard InChI is InChI=1S/C12H16ClN3S/c1-8-4-5-17-11(8)7-14-6-10-9(2)15-16(3)12(10)13/h4-5,14H,6-7H2,1-3H3. The largest absolute Gasteiger partial charge is 0.308 e. The van der Waals surface area contributed by atoms with E-state index in [1.54, 1.807) is 16.0 Å². The Hall–Kier alpha value is -0.840. The molecule has 0 aromatic carbocycles. The van der Waals surface area contributed by atoms with Crippen LogP contribution in [0.2, 0.25) is 5.15 Å². The van der Waals surface area contributed by atoms with Gasteiger partial charge in [0.25, 0.3) is 0 Å². The Morgan fingerprint density at radius 2 is 2.18 bits per heavy atom. The van der Waals surface area contributed by atoms with Crippen molar-refractivity contribution in [2.24, 2.45) is 7.05 Å². The van der Waals surface area contributed by atoms with Crippen molar-refractivity contribution in [3.05, 3.63) is 38.3 Å². The molecule has 0 radical (unpaired) electrons. The van der Waals surface area contributed by atoms with Gasteiger partial charge in [-0.05, 0) is 30.9 Å². The van der Waals surface area contributed by atoms with E-state index in [1.165, 1.54) is 10.4 Å². The van der Waals surface area contributed by atoms with Gasteiger partial charge in [0.2, 0.25) is 0 Å². The van der Waals surface area contributed by atoms with Crippen LogP contribution in [-0.4, -0.2) is 9.78 Å². The first-order valence-electron chi connectivity index (χ1n) is 5.51. The minimum absolute atomic E-state index is 0.720. The molecule has 92 valence electrons. The summed E-state index contributed by atoms with van der Waals surface area (Å²) in [6.45, 7) is 5.76. The first-order chi connectivity index (χ1) is 8.09. The average Bonchev–Trinajstić information content (AvgIpc) is 2.78. The number of rotatable bonds is 4. The lowest BCUT2D eigenvalue weighted by atomic mass is 10.2. The van der Waals surface area contributed by atoms with E-state index in [4.69, 9.17) is 11.6 Å². The molecule has 0 unspecified atom stereocenters. The molecule has 0 aliphatic heterocycles. The second-order valence-electron chi connectivity index (χ2n) is 4.11. The van der Waals surface area contributed by atoms with Crippen LogP contribution in [0.15, 0.2) is 11.4 Å². The number of halogens is 1. The van der Waals surface area contributed by atoms with Gasteiger partial charge in [0, 0.05) is 30.6 Å². The Balaban J connectivity index is 1.97. The monoisotopic (exact) mass is 269 g/mol. The molecule has 1 N–H and O–H groups in total. The minimum atomic E-state index is 0.720. The lowest BCUT2D eigenvalue weighted by molar-refractivity contribution is 0.695. The Labute approximate surface area is 110 Å². The second kappa shape index (κ2) is 5.21. The first kappa shape index (κ1) is 12.6. The van der Waals surface area contributed by atoms with E-state index in [0.29, 0.717) is 0 Å². The number of thiophene rings is 1. The molecule has 5 heteroatoms. The Bertz CT molecular complexity index is 516. The van der Waals surface area contributed by atoms with Gasteiger partial charge >= 0.3 is 0 Å². The molecular formula is C12H16ClN3S. The van der Waals surface area contributed by atoms with E-state index < -0.39 is 0 Å². The van der Waals surface area contributed by atoms with Crippen LogP contribution in [0.1, 0.15) is 21.7 Å². The first-order valence-corrected chi connectivity index (χ1v) is 6.77. The molecular weight excluding hydrogens is 254 g/mol. The fourth-order valence-corrected chi connectivity index (χ4v) is 2.88. The molecule has 0 aliphatic rings. The molecule has 2 heterocycles. The third-order valence-corrected chi connectivity index (χ3v) is 4.32. The maximum Gasteiger partial charge on any atom is 0.131 e. The summed E-state index contributed by atoms with van der Waals surface area (Å²) < 4.78 is 1.71. The van der Waals surface area contributed by atoms with Gasteiger partial charge in [0.05, 0.1) is 5.69 Å².